The van der Waals surface area contributed by atoms with Gasteiger partial charge in [0.25, 0.3) is 0 Å². The fourth-order valence-corrected chi connectivity index (χ4v) is 3.82. The first-order chi connectivity index (χ1) is 12.2. The number of hydrogen-bond acceptors (Lipinski definition) is 4. The molecule has 0 N–H and O–H groups in total. The van der Waals surface area contributed by atoms with Crippen LogP contribution < -0.4 is 0 Å². The lowest BCUT2D eigenvalue weighted by atomic mass is 10.3. The van der Waals surface area contributed by atoms with Crippen molar-refractivity contribution in [2.24, 2.45) is 7.05 Å². The van der Waals surface area contributed by atoms with E-state index in [-0.39, 0.29) is 0 Å². The van der Waals surface area contributed by atoms with Crippen LogP contribution in [0.5, 0.6) is 0 Å². The average Bonchev–Trinajstić information content (AvgIpc) is 3.32. The summed E-state index contributed by atoms with van der Waals surface area (Å²) in [6.07, 6.45) is 6.93. The summed E-state index contributed by atoms with van der Waals surface area (Å²) in [5.74, 6) is 1.78. The predicted octanol–water partition coefficient (Wildman–Crippen LogP) is 3.17. The quantitative estimate of drug-likeness (QED) is 0.500. The number of rotatable bonds is 6. The highest BCUT2D eigenvalue weighted by atomic mass is 32.2. The van der Waals surface area contributed by atoms with Crippen molar-refractivity contribution in [3.8, 4) is 0 Å². The Labute approximate surface area is 150 Å². The lowest BCUT2D eigenvalue weighted by Crippen LogP contribution is -2.06. The maximum atomic E-state index is 4.64. The Kier molecular flexibility index (Phi) is 4.31. The number of imidazole rings is 1. The van der Waals surface area contributed by atoms with E-state index in [9.17, 15) is 0 Å². The molecular formula is C18H20N6S. The Balaban J connectivity index is 1.51. The lowest BCUT2D eigenvalue weighted by Gasteiger charge is -2.07. The van der Waals surface area contributed by atoms with Crippen LogP contribution in [-0.4, -0.2) is 28.7 Å². The maximum Gasteiger partial charge on any atom is 0.191 e. The van der Waals surface area contributed by atoms with Gasteiger partial charge in [-0.1, -0.05) is 17.8 Å². The highest BCUT2D eigenvalue weighted by Crippen LogP contribution is 2.23. The van der Waals surface area contributed by atoms with Gasteiger partial charge >= 0.3 is 0 Å². The topological polar surface area (TPSA) is 52.9 Å². The number of pyridine rings is 1. The Morgan fingerprint density at radius 3 is 2.76 bits per heavy atom. The van der Waals surface area contributed by atoms with E-state index in [1.807, 2.05) is 28.8 Å². The van der Waals surface area contributed by atoms with Crippen LogP contribution in [-0.2, 0) is 25.8 Å². The lowest BCUT2D eigenvalue weighted by molar-refractivity contribution is 0.645. The molecule has 0 saturated carbocycles. The molecule has 0 aliphatic heterocycles. The Hall–Kier alpha value is -2.54. The van der Waals surface area contributed by atoms with Gasteiger partial charge in [0.1, 0.15) is 11.5 Å². The van der Waals surface area contributed by atoms with E-state index in [0.29, 0.717) is 0 Å². The van der Waals surface area contributed by atoms with Crippen LogP contribution in [0.3, 0.4) is 0 Å². The van der Waals surface area contributed by atoms with E-state index in [1.165, 1.54) is 5.69 Å². The third-order valence-electron chi connectivity index (χ3n) is 4.26. The van der Waals surface area contributed by atoms with Gasteiger partial charge in [-0.15, -0.1) is 10.2 Å². The molecule has 4 rings (SSSR count). The molecule has 0 unspecified atom stereocenters. The molecule has 0 aliphatic rings. The minimum absolute atomic E-state index is 0.782. The smallest absolute Gasteiger partial charge is 0.191 e. The van der Waals surface area contributed by atoms with Crippen molar-refractivity contribution in [2.75, 3.05) is 0 Å². The molecule has 4 heterocycles. The van der Waals surface area contributed by atoms with E-state index < -0.39 is 0 Å². The van der Waals surface area contributed by atoms with Crippen LogP contribution in [0.15, 0.2) is 54.1 Å². The van der Waals surface area contributed by atoms with Crippen molar-refractivity contribution in [3.05, 3.63) is 66.1 Å². The second kappa shape index (κ2) is 6.76. The molecule has 0 aromatic carbocycles. The number of thioether (sulfide) groups is 1. The molecular weight excluding hydrogens is 332 g/mol. The molecule has 0 fully saturated rings. The van der Waals surface area contributed by atoms with E-state index in [4.69, 9.17) is 0 Å². The number of fused-ring (bicyclic) bond motifs is 1. The van der Waals surface area contributed by atoms with Gasteiger partial charge in [0.05, 0.1) is 5.69 Å². The van der Waals surface area contributed by atoms with Crippen molar-refractivity contribution >= 4 is 17.4 Å². The minimum Gasteiger partial charge on any atom is -0.354 e. The molecule has 4 aromatic rings. The third-order valence-corrected chi connectivity index (χ3v) is 5.26. The molecule has 25 heavy (non-hydrogen) atoms. The van der Waals surface area contributed by atoms with Crippen molar-refractivity contribution in [3.63, 3.8) is 0 Å². The molecule has 128 valence electrons. The van der Waals surface area contributed by atoms with Gasteiger partial charge in [0, 0.05) is 50.1 Å². The monoisotopic (exact) mass is 352 g/mol. The molecule has 0 bridgehead atoms. The van der Waals surface area contributed by atoms with Crippen LogP contribution in [0.4, 0.5) is 0 Å². The van der Waals surface area contributed by atoms with E-state index in [0.717, 1.165) is 41.0 Å². The van der Waals surface area contributed by atoms with Gasteiger partial charge in [-0.2, -0.15) is 0 Å². The zero-order chi connectivity index (χ0) is 17.2. The van der Waals surface area contributed by atoms with E-state index in [1.54, 1.807) is 11.8 Å². The molecule has 7 heteroatoms. The first kappa shape index (κ1) is 16.0. The fourth-order valence-electron chi connectivity index (χ4n) is 2.91. The van der Waals surface area contributed by atoms with Gasteiger partial charge < -0.3 is 13.5 Å². The first-order valence-corrected chi connectivity index (χ1v) is 9.31. The normalized spacial score (nSPS) is 11.4. The molecule has 0 atom stereocenters. The summed E-state index contributed by atoms with van der Waals surface area (Å²) in [6.45, 7) is 2.99. The molecule has 0 saturated heterocycles. The van der Waals surface area contributed by atoms with Gasteiger partial charge in [-0.05, 0) is 31.2 Å². The van der Waals surface area contributed by atoms with E-state index in [2.05, 4.69) is 62.8 Å². The summed E-state index contributed by atoms with van der Waals surface area (Å²) in [5.41, 5.74) is 3.25. The van der Waals surface area contributed by atoms with Gasteiger partial charge in [0.15, 0.2) is 5.16 Å². The van der Waals surface area contributed by atoms with Gasteiger partial charge in [-0.25, -0.2) is 4.98 Å². The SMILES string of the molecule is CCn1c(Cc2cccn2C)nnc1SCc1cn2ccccc2n1. The third kappa shape index (κ3) is 3.19. The molecule has 4 aromatic heterocycles. The molecule has 0 spiro atoms. The van der Waals surface area contributed by atoms with Crippen LogP contribution in [0.2, 0.25) is 0 Å². The predicted molar refractivity (Wildman–Crippen MR) is 98.7 cm³/mol. The summed E-state index contributed by atoms with van der Waals surface area (Å²) in [4.78, 5) is 4.64. The molecule has 0 radical (unpaired) electrons. The number of aryl methyl sites for hydroxylation is 1. The highest BCUT2D eigenvalue weighted by Gasteiger charge is 2.13. The Morgan fingerprint density at radius 1 is 1.08 bits per heavy atom. The standard InChI is InChI=1S/C18H20N6S/c1-3-24-17(11-15-7-6-9-22(15)2)20-21-18(24)25-13-14-12-23-10-5-4-8-16(23)19-14/h4-10,12H,3,11,13H2,1-2H3. The molecule has 0 amide bonds. The van der Waals surface area contributed by atoms with Crippen LogP contribution in [0, 0.1) is 0 Å². The van der Waals surface area contributed by atoms with Gasteiger partial charge in [0.2, 0.25) is 0 Å². The van der Waals surface area contributed by atoms with E-state index >= 15 is 0 Å². The van der Waals surface area contributed by atoms with Crippen molar-refractivity contribution < 1.29 is 0 Å². The second-order valence-corrected chi connectivity index (χ2v) is 6.86. The zero-order valence-electron chi connectivity index (χ0n) is 14.3. The second-order valence-electron chi connectivity index (χ2n) is 5.92. The largest absolute Gasteiger partial charge is 0.354 e. The van der Waals surface area contributed by atoms with Crippen molar-refractivity contribution in [1.29, 1.82) is 0 Å². The molecule has 0 aliphatic carbocycles. The number of nitrogens with zero attached hydrogens (tertiary/aromatic N) is 6. The Bertz CT molecular complexity index is 963. The van der Waals surface area contributed by atoms with Crippen LogP contribution >= 0.6 is 11.8 Å². The molecule has 6 nitrogen and oxygen atoms in total. The fraction of sp³-hybridized carbons (Fsp3) is 0.278. The summed E-state index contributed by atoms with van der Waals surface area (Å²) in [5, 5.41) is 9.76. The summed E-state index contributed by atoms with van der Waals surface area (Å²) < 4.78 is 6.35. The summed E-state index contributed by atoms with van der Waals surface area (Å²) >= 11 is 1.68. The van der Waals surface area contributed by atoms with Crippen LogP contribution in [0.1, 0.15) is 24.1 Å². The number of hydrogen-bond donors (Lipinski definition) is 0. The summed E-state index contributed by atoms with van der Waals surface area (Å²) in [6, 6.07) is 10.2. The van der Waals surface area contributed by atoms with Gasteiger partial charge in [-0.3, -0.25) is 0 Å². The highest BCUT2D eigenvalue weighted by molar-refractivity contribution is 7.98. The average molecular weight is 352 g/mol. The first-order valence-electron chi connectivity index (χ1n) is 8.32. The maximum absolute atomic E-state index is 4.64. The van der Waals surface area contributed by atoms with Crippen LogP contribution in [0.25, 0.3) is 5.65 Å². The number of aromatic nitrogens is 6. The summed E-state index contributed by atoms with van der Waals surface area (Å²) in [7, 11) is 2.06. The zero-order valence-corrected chi connectivity index (χ0v) is 15.1. The Morgan fingerprint density at radius 2 is 2.00 bits per heavy atom. The van der Waals surface area contributed by atoms with Crippen molar-refractivity contribution in [1.82, 2.24) is 28.7 Å². The minimum atomic E-state index is 0.782. The van der Waals surface area contributed by atoms with Crippen molar-refractivity contribution in [2.45, 2.75) is 30.8 Å².